The lowest BCUT2D eigenvalue weighted by molar-refractivity contribution is -0.594. The van der Waals surface area contributed by atoms with Gasteiger partial charge in [-0.3, -0.25) is 4.79 Å². The molecule has 0 bridgehead atoms. The van der Waals surface area contributed by atoms with Crippen LogP contribution in [-0.4, -0.2) is 12.9 Å². The van der Waals surface area contributed by atoms with E-state index in [1.165, 1.54) is 16.7 Å². The molecular weight excluding hydrogens is 502 g/mol. The van der Waals surface area contributed by atoms with Gasteiger partial charge in [0.25, 0.3) is 0 Å². The van der Waals surface area contributed by atoms with Crippen LogP contribution in [-0.2, 0) is 6.42 Å². The average Bonchev–Trinajstić information content (AvgIpc) is 3.01. The first-order valence-electron chi connectivity index (χ1n) is 13.2. The van der Waals surface area contributed by atoms with E-state index in [0.717, 1.165) is 53.2 Å². The molecule has 0 saturated heterocycles. The summed E-state index contributed by atoms with van der Waals surface area (Å²) in [7, 11) is 1.68. The van der Waals surface area contributed by atoms with Crippen molar-refractivity contribution in [3.63, 3.8) is 0 Å². The largest absolute Gasteiger partial charge is 1.00 e. The Hall–Kier alpha value is -4.21. The summed E-state index contributed by atoms with van der Waals surface area (Å²) in [5, 5.41) is 0. The van der Waals surface area contributed by atoms with Gasteiger partial charge in [-0.05, 0) is 54.7 Å². The minimum absolute atomic E-state index is 0. The number of rotatable bonds is 6. The zero-order valence-electron chi connectivity index (χ0n) is 21.9. The van der Waals surface area contributed by atoms with E-state index in [1.54, 1.807) is 7.11 Å². The molecule has 4 heteroatoms. The maximum atomic E-state index is 14.1. The van der Waals surface area contributed by atoms with Gasteiger partial charge in [0, 0.05) is 34.9 Å². The summed E-state index contributed by atoms with van der Waals surface area (Å²) >= 11 is 0. The molecule has 6 rings (SSSR count). The van der Waals surface area contributed by atoms with Crippen LogP contribution in [0.5, 0.6) is 5.75 Å². The Morgan fingerprint density at radius 2 is 1.36 bits per heavy atom. The van der Waals surface area contributed by atoms with E-state index in [1.807, 2.05) is 48.5 Å². The number of carbonyl (C=O) groups excluding carboxylic acids is 1. The van der Waals surface area contributed by atoms with E-state index in [2.05, 4.69) is 77.4 Å². The number of aromatic nitrogens is 1. The number of carbonyl (C=O) groups is 1. The van der Waals surface area contributed by atoms with Gasteiger partial charge in [-0.25, -0.2) is 0 Å². The topological polar surface area (TPSA) is 30.2 Å². The van der Waals surface area contributed by atoms with Crippen molar-refractivity contribution in [3.8, 4) is 33.8 Å². The molecule has 0 fully saturated rings. The number of pyridine rings is 1. The number of methoxy groups -OCH3 is 1. The number of fused-ring (bicyclic) bond motifs is 1. The fourth-order valence-electron chi connectivity index (χ4n) is 5.70. The minimum Gasteiger partial charge on any atom is -1.00 e. The smallest absolute Gasteiger partial charge is 0.219 e. The predicted molar refractivity (Wildman–Crippen MR) is 152 cm³/mol. The molecule has 39 heavy (non-hydrogen) atoms. The molecule has 0 saturated carbocycles. The number of nitrogens with zero attached hydrogens (tertiary/aromatic N) is 1. The summed E-state index contributed by atoms with van der Waals surface area (Å²) < 4.78 is 7.78. The van der Waals surface area contributed by atoms with Gasteiger partial charge in [0.15, 0.2) is 5.78 Å². The normalized spacial score (nSPS) is 14.1. The highest BCUT2D eigenvalue weighted by atomic mass is 35.5. The Kier molecular flexibility index (Phi) is 7.90. The third-order valence-electron chi connectivity index (χ3n) is 7.51. The monoisotopic (exact) mass is 531 g/mol. The second-order valence-electron chi connectivity index (χ2n) is 9.75. The first kappa shape index (κ1) is 26.4. The molecule has 1 atom stereocenters. The third kappa shape index (κ3) is 5.10. The summed E-state index contributed by atoms with van der Waals surface area (Å²) in [6, 6.07) is 41.3. The van der Waals surface area contributed by atoms with Crippen LogP contribution in [0.25, 0.3) is 28.1 Å². The molecule has 1 unspecified atom stereocenters. The second-order valence-corrected chi connectivity index (χ2v) is 9.75. The molecule has 1 heterocycles. The van der Waals surface area contributed by atoms with Crippen molar-refractivity contribution in [1.82, 2.24) is 0 Å². The molecule has 1 aromatic heterocycles. The fraction of sp³-hybridized carbons (Fsp3) is 0.143. The van der Waals surface area contributed by atoms with Crippen LogP contribution in [0.15, 0.2) is 121 Å². The maximum absolute atomic E-state index is 14.1. The van der Waals surface area contributed by atoms with Gasteiger partial charge < -0.3 is 17.1 Å². The van der Waals surface area contributed by atoms with Gasteiger partial charge in [0.1, 0.15) is 11.7 Å². The van der Waals surface area contributed by atoms with Gasteiger partial charge in [0.05, 0.1) is 7.11 Å². The lowest BCUT2D eigenvalue weighted by Gasteiger charge is -2.26. The number of hydrogen-bond acceptors (Lipinski definition) is 2. The van der Waals surface area contributed by atoms with Crippen LogP contribution in [0, 0.1) is 0 Å². The highest BCUT2D eigenvalue weighted by Gasteiger charge is 2.39. The molecule has 0 N–H and O–H groups in total. The quantitative estimate of drug-likeness (QED) is 0.236. The summed E-state index contributed by atoms with van der Waals surface area (Å²) in [5.41, 5.74) is 8.69. The summed E-state index contributed by atoms with van der Waals surface area (Å²) in [4.78, 5) is 14.1. The highest BCUT2D eigenvalue weighted by molar-refractivity contribution is 6.01. The van der Waals surface area contributed by atoms with Crippen LogP contribution in [0.1, 0.15) is 40.4 Å². The van der Waals surface area contributed by atoms with Crippen molar-refractivity contribution in [3.05, 3.63) is 138 Å². The first-order chi connectivity index (χ1) is 18.7. The summed E-state index contributed by atoms with van der Waals surface area (Å²) in [5.74, 6) is 0.745. The van der Waals surface area contributed by atoms with Crippen molar-refractivity contribution in [2.75, 3.05) is 7.11 Å². The molecule has 1 aliphatic rings. The van der Waals surface area contributed by atoms with E-state index in [0.29, 0.717) is 0 Å². The molecule has 3 nitrogen and oxygen atoms in total. The lowest BCUT2D eigenvalue weighted by atomic mass is 9.78. The SMILES string of the molecule is COc1ccc(-[n+]2c(-c3ccccc3)cc(-c3ccccc3)c3c2C(C(=O)c2ccccc2)CCC3)cc1.[Cl-]. The number of ether oxygens (including phenoxy) is 1. The number of Topliss-reactive ketones (excluding diaryl/α,β-unsaturated/α-hetero) is 1. The Bertz CT molecular complexity index is 1570. The molecule has 0 radical (unpaired) electrons. The van der Waals surface area contributed by atoms with Crippen molar-refractivity contribution in [1.29, 1.82) is 0 Å². The Labute approximate surface area is 236 Å². The summed E-state index contributed by atoms with van der Waals surface area (Å²) in [6.45, 7) is 0. The lowest BCUT2D eigenvalue weighted by Crippen LogP contribution is -3.00. The van der Waals surface area contributed by atoms with Crippen LogP contribution >= 0.6 is 0 Å². The van der Waals surface area contributed by atoms with E-state index >= 15 is 0 Å². The average molecular weight is 532 g/mol. The van der Waals surface area contributed by atoms with Crippen LogP contribution in [0.3, 0.4) is 0 Å². The first-order valence-corrected chi connectivity index (χ1v) is 13.2. The zero-order valence-corrected chi connectivity index (χ0v) is 22.6. The predicted octanol–water partition coefficient (Wildman–Crippen LogP) is 4.61. The molecule has 4 aromatic carbocycles. The molecule has 0 amide bonds. The Balaban J connectivity index is 0.00000308. The van der Waals surface area contributed by atoms with Crippen molar-refractivity contribution < 1.29 is 26.5 Å². The standard InChI is InChI=1S/C35H30NO2.ClH/c1-38-29-22-20-28(21-23-29)36-33(26-14-7-3-8-15-26)24-32(25-12-5-2-6-13-25)30-18-11-19-31(34(30)36)35(37)27-16-9-4-10-17-27;/h2-10,12-17,20-24,31H,11,18-19H2,1H3;1H/q+1;/p-1. The van der Waals surface area contributed by atoms with E-state index < -0.39 is 0 Å². The highest BCUT2D eigenvalue weighted by Crippen LogP contribution is 2.40. The number of ketones is 1. The molecular formula is C35H30ClNO2. The van der Waals surface area contributed by atoms with Gasteiger partial charge >= 0.3 is 0 Å². The van der Waals surface area contributed by atoms with Gasteiger partial charge in [-0.15, -0.1) is 0 Å². The van der Waals surface area contributed by atoms with E-state index in [9.17, 15) is 4.79 Å². The van der Waals surface area contributed by atoms with Gasteiger partial charge in [-0.2, -0.15) is 4.57 Å². The summed E-state index contributed by atoms with van der Waals surface area (Å²) in [6.07, 6.45) is 2.73. The molecule has 0 spiro atoms. The van der Waals surface area contributed by atoms with Crippen LogP contribution in [0.4, 0.5) is 0 Å². The van der Waals surface area contributed by atoms with Gasteiger partial charge in [0.2, 0.25) is 17.1 Å². The van der Waals surface area contributed by atoms with Crippen molar-refractivity contribution in [2.45, 2.75) is 25.2 Å². The second kappa shape index (κ2) is 11.7. The number of halogens is 1. The van der Waals surface area contributed by atoms with Crippen molar-refractivity contribution in [2.24, 2.45) is 0 Å². The maximum Gasteiger partial charge on any atom is 0.219 e. The molecule has 5 aromatic rings. The van der Waals surface area contributed by atoms with Crippen LogP contribution < -0.4 is 21.7 Å². The number of hydrogen-bond donors (Lipinski definition) is 0. The van der Waals surface area contributed by atoms with E-state index in [-0.39, 0.29) is 24.1 Å². The van der Waals surface area contributed by atoms with Gasteiger partial charge in [-0.1, -0.05) is 78.9 Å². The van der Waals surface area contributed by atoms with E-state index in [4.69, 9.17) is 4.74 Å². The third-order valence-corrected chi connectivity index (χ3v) is 7.51. The fourth-order valence-corrected chi connectivity index (χ4v) is 5.70. The molecule has 194 valence electrons. The Morgan fingerprint density at radius 1 is 0.769 bits per heavy atom. The van der Waals surface area contributed by atoms with Crippen molar-refractivity contribution >= 4 is 5.78 Å². The zero-order chi connectivity index (χ0) is 25.9. The minimum atomic E-state index is -0.241. The molecule has 1 aliphatic carbocycles. The molecule has 0 aliphatic heterocycles. The number of benzene rings is 4. The Morgan fingerprint density at radius 3 is 1.97 bits per heavy atom. The van der Waals surface area contributed by atoms with Crippen LogP contribution in [0.2, 0.25) is 0 Å².